The molecule has 1 aromatic heterocycles. The fraction of sp³-hybridized carbons (Fsp3) is 0.333. The van der Waals surface area contributed by atoms with Gasteiger partial charge in [0.15, 0.2) is 5.78 Å². The lowest BCUT2D eigenvalue weighted by molar-refractivity contribution is -0.114. The van der Waals surface area contributed by atoms with E-state index >= 15 is 0 Å². The van der Waals surface area contributed by atoms with E-state index < -0.39 is 17.7 Å². The van der Waals surface area contributed by atoms with Gasteiger partial charge in [-0.25, -0.2) is 9.59 Å². The van der Waals surface area contributed by atoms with Gasteiger partial charge in [0.1, 0.15) is 10.9 Å². The maximum Gasteiger partial charge on any atom is 0.348 e. The third kappa shape index (κ3) is 5.83. The molecule has 1 aromatic carbocycles. The molecule has 1 heterocycles. The Morgan fingerprint density at radius 2 is 1.66 bits per heavy atom. The lowest BCUT2D eigenvalue weighted by Gasteiger charge is -2.11. The number of hydrogen-bond donors (Lipinski definition) is 0. The van der Waals surface area contributed by atoms with Crippen molar-refractivity contribution in [2.45, 2.75) is 27.2 Å². The second-order valence-electron chi connectivity index (χ2n) is 7.05. The van der Waals surface area contributed by atoms with Crippen molar-refractivity contribution in [3.05, 3.63) is 56.3 Å². The topological polar surface area (TPSA) is 96.7 Å². The second-order valence-corrected chi connectivity index (χ2v) is 8.16. The van der Waals surface area contributed by atoms with Gasteiger partial charge in [-0.15, -0.1) is 11.3 Å². The van der Waals surface area contributed by atoms with Gasteiger partial charge in [-0.3, -0.25) is 4.79 Å². The van der Waals surface area contributed by atoms with Crippen LogP contribution in [0.15, 0.2) is 29.8 Å². The number of thiophene rings is 1. The average molecular weight is 455 g/mol. The molecular formula is C24H26N2O5S. The standard InChI is InChI=1S/C24H26N2O5S/c1-6-30-23(28)21-15(3)22(24(29)31-7-2)32-20(21)13-19(27)17(14-25)12-16-8-10-18(11-9-16)26(4)5/h8-12H,6-7,13H2,1-5H3. The number of nitrogens with zero attached hydrogens (tertiary/aromatic N) is 2. The molecule has 0 aliphatic heterocycles. The van der Waals surface area contributed by atoms with Gasteiger partial charge in [0, 0.05) is 31.1 Å². The molecule has 2 rings (SSSR count). The van der Waals surface area contributed by atoms with Crippen LogP contribution >= 0.6 is 11.3 Å². The van der Waals surface area contributed by atoms with Gasteiger partial charge in [-0.2, -0.15) is 5.26 Å². The number of hydrogen-bond acceptors (Lipinski definition) is 8. The Bertz CT molecular complexity index is 1080. The highest BCUT2D eigenvalue weighted by molar-refractivity contribution is 7.14. The van der Waals surface area contributed by atoms with Crippen molar-refractivity contribution in [2.75, 3.05) is 32.2 Å². The van der Waals surface area contributed by atoms with Crippen LogP contribution in [0.2, 0.25) is 0 Å². The van der Waals surface area contributed by atoms with Gasteiger partial charge in [0.25, 0.3) is 0 Å². The van der Waals surface area contributed by atoms with E-state index in [-0.39, 0.29) is 35.6 Å². The van der Waals surface area contributed by atoms with E-state index in [1.54, 1.807) is 20.8 Å². The quantitative estimate of drug-likeness (QED) is 0.318. The van der Waals surface area contributed by atoms with Gasteiger partial charge >= 0.3 is 11.9 Å². The molecule has 0 saturated heterocycles. The van der Waals surface area contributed by atoms with E-state index in [0.29, 0.717) is 16.0 Å². The van der Waals surface area contributed by atoms with Gasteiger partial charge in [-0.05, 0) is 50.1 Å². The van der Waals surface area contributed by atoms with Crippen molar-refractivity contribution in [1.29, 1.82) is 5.26 Å². The molecule has 8 heteroatoms. The number of carbonyl (C=O) groups is 3. The van der Waals surface area contributed by atoms with E-state index in [2.05, 4.69) is 0 Å². The highest BCUT2D eigenvalue weighted by atomic mass is 32.1. The third-order valence-corrected chi connectivity index (χ3v) is 5.89. The van der Waals surface area contributed by atoms with E-state index in [1.165, 1.54) is 6.08 Å². The maximum atomic E-state index is 12.9. The SMILES string of the molecule is CCOC(=O)c1sc(CC(=O)C(C#N)=Cc2ccc(N(C)C)cc2)c(C(=O)OCC)c1C. The maximum absolute atomic E-state index is 12.9. The lowest BCUT2D eigenvalue weighted by Crippen LogP contribution is -2.12. The molecule has 7 nitrogen and oxygen atoms in total. The van der Waals surface area contributed by atoms with Crippen LogP contribution < -0.4 is 4.90 Å². The number of anilines is 1. The lowest BCUT2D eigenvalue weighted by atomic mass is 10.0. The van der Waals surface area contributed by atoms with Crippen molar-refractivity contribution >= 4 is 40.8 Å². The molecule has 0 aliphatic carbocycles. The zero-order chi connectivity index (χ0) is 23.8. The Balaban J connectivity index is 2.39. The molecule has 0 atom stereocenters. The highest BCUT2D eigenvalue weighted by Crippen LogP contribution is 2.31. The number of Topliss-reactive ketones (excluding diaryl/α,β-unsaturated/α-hetero) is 1. The first-order valence-corrected chi connectivity index (χ1v) is 10.9. The Kier molecular flexibility index (Phi) is 8.73. The van der Waals surface area contributed by atoms with E-state index in [9.17, 15) is 19.6 Å². The molecule has 2 aromatic rings. The minimum absolute atomic E-state index is 0.0406. The first-order valence-electron chi connectivity index (χ1n) is 10.1. The first-order chi connectivity index (χ1) is 15.2. The molecule has 0 radical (unpaired) electrons. The largest absolute Gasteiger partial charge is 0.462 e. The number of carbonyl (C=O) groups excluding carboxylic acids is 3. The molecule has 0 spiro atoms. The first kappa shape index (κ1) is 24.8. The third-order valence-electron chi connectivity index (χ3n) is 4.62. The molecule has 32 heavy (non-hydrogen) atoms. The zero-order valence-electron chi connectivity index (χ0n) is 18.9. The summed E-state index contributed by atoms with van der Waals surface area (Å²) in [6, 6.07) is 9.35. The monoisotopic (exact) mass is 454 g/mol. The summed E-state index contributed by atoms with van der Waals surface area (Å²) >= 11 is 1.02. The molecule has 168 valence electrons. The molecular weight excluding hydrogens is 428 g/mol. The minimum Gasteiger partial charge on any atom is -0.462 e. The van der Waals surface area contributed by atoms with Crippen LogP contribution in [-0.2, 0) is 20.7 Å². The smallest absolute Gasteiger partial charge is 0.348 e. The van der Waals surface area contributed by atoms with Crippen LogP contribution in [0.1, 0.15) is 49.9 Å². The molecule has 0 amide bonds. The van der Waals surface area contributed by atoms with Gasteiger partial charge in [0.2, 0.25) is 0 Å². The number of rotatable bonds is 9. The van der Waals surface area contributed by atoms with Crippen LogP contribution in [0.3, 0.4) is 0 Å². The van der Waals surface area contributed by atoms with Crippen molar-refractivity contribution in [2.24, 2.45) is 0 Å². The van der Waals surface area contributed by atoms with Crippen LogP contribution in [0.25, 0.3) is 6.08 Å². The summed E-state index contributed by atoms with van der Waals surface area (Å²) in [5.74, 6) is -1.62. The number of esters is 2. The van der Waals surface area contributed by atoms with Crippen LogP contribution in [-0.4, -0.2) is 45.0 Å². The Hall–Kier alpha value is -3.44. The van der Waals surface area contributed by atoms with Crippen molar-refractivity contribution < 1.29 is 23.9 Å². The van der Waals surface area contributed by atoms with Crippen molar-refractivity contribution in [1.82, 2.24) is 0 Å². The summed E-state index contributed by atoms with van der Waals surface area (Å²) in [7, 11) is 3.84. The van der Waals surface area contributed by atoms with Crippen LogP contribution in [0, 0.1) is 18.3 Å². The normalized spacial score (nSPS) is 10.9. The summed E-state index contributed by atoms with van der Waals surface area (Å²) in [5.41, 5.74) is 2.26. The van der Waals surface area contributed by atoms with Crippen molar-refractivity contribution in [3.63, 3.8) is 0 Å². The molecule has 0 aliphatic rings. The predicted molar refractivity (Wildman–Crippen MR) is 124 cm³/mol. The molecule has 0 unspecified atom stereocenters. The highest BCUT2D eigenvalue weighted by Gasteiger charge is 2.27. The Labute approximate surface area is 191 Å². The summed E-state index contributed by atoms with van der Waals surface area (Å²) in [5, 5.41) is 9.55. The summed E-state index contributed by atoms with van der Waals surface area (Å²) < 4.78 is 10.2. The summed E-state index contributed by atoms with van der Waals surface area (Å²) in [6.07, 6.45) is 1.31. The molecule has 0 saturated carbocycles. The van der Waals surface area contributed by atoms with Gasteiger partial charge in [0.05, 0.1) is 24.4 Å². The number of benzene rings is 1. The van der Waals surface area contributed by atoms with Gasteiger partial charge < -0.3 is 14.4 Å². The van der Waals surface area contributed by atoms with E-state index in [1.807, 2.05) is 49.3 Å². The minimum atomic E-state index is -0.610. The number of allylic oxidation sites excluding steroid dienone is 1. The second kappa shape index (κ2) is 11.3. The summed E-state index contributed by atoms with van der Waals surface area (Å²) in [6.45, 7) is 5.33. The van der Waals surface area contributed by atoms with E-state index in [4.69, 9.17) is 9.47 Å². The molecule has 0 fully saturated rings. The number of nitriles is 1. The predicted octanol–water partition coefficient (Wildman–Crippen LogP) is 4.19. The van der Waals surface area contributed by atoms with E-state index in [0.717, 1.165) is 17.0 Å². The number of ketones is 1. The fourth-order valence-corrected chi connectivity index (χ4v) is 4.20. The van der Waals surface area contributed by atoms with Crippen molar-refractivity contribution in [3.8, 4) is 6.07 Å². The zero-order valence-corrected chi connectivity index (χ0v) is 19.7. The average Bonchev–Trinajstić information content (AvgIpc) is 3.08. The molecule has 0 N–H and O–H groups in total. The van der Waals surface area contributed by atoms with Crippen LogP contribution in [0.4, 0.5) is 5.69 Å². The fourth-order valence-electron chi connectivity index (χ4n) is 3.01. The molecule has 0 bridgehead atoms. The Morgan fingerprint density at radius 3 is 2.19 bits per heavy atom. The number of ether oxygens (including phenoxy) is 2. The van der Waals surface area contributed by atoms with Crippen LogP contribution in [0.5, 0.6) is 0 Å². The Morgan fingerprint density at radius 1 is 1.06 bits per heavy atom. The summed E-state index contributed by atoms with van der Waals surface area (Å²) in [4.78, 5) is 40.3. The van der Waals surface area contributed by atoms with Gasteiger partial charge in [-0.1, -0.05) is 12.1 Å².